The lowest BCUT2D eigenvalue weighted by Crippen LogP contribution is -2.19. The first-order valence-corrected chi connectivity index (χ1v) is 9.91. The first-order chi connectivity index (χ1) is 15.7. The maximum absolute atomic E-state index is 12.0. The fourth-order valence-corrected chi connectivity index (χ4v) is 2.89. The number of oxime groups is 2. The predicted octanol–water partition coefficient (Wildman–Crippen LogP) is 4.34. The second-order valence-corrected chi connectivity index (χ2v) is 6.63. The van der Waals surface area contributed by atoms with Crippen LogP contribution in [0.5, 0.6) is 5.75 Å². The van der Waals surface area contributed by atoms with Crippen LogP contribution in [-0.2, 0) is 32.4 Å². The van der Waals surface area contributed by atoms with Crippen LogP contribution in [0.2, 0.25) is 0 Å². The molecule has 0 N–H and O–H groups in total. The van der Waals surface area contributed by atoms with Gasteiger partial charge in [0.25, 0.3) is 0 Å². The van der Waals surface area contributed by atoms with Crippen molar-refractivity contribution in [3.8, 4) is 5.75 Å². The number of nitrogens with zero attached hydrogens (tertiary/aromatic N) is 2. The molecule has 0 aliphatic rings. The Bertz CT molecular complexity index is 1080. The van der Waals surface area contributed by atoms with Crippen LogP contribution in [0.1, 0.15) is 22.3 Å². The number of ether oxygens (including phenoxy) is 2. The average molecular weight is 432 g/mol. The molecule has 0 heterocycles. The lowest BCUT2D eigenvalue weighted by Gasteiger charge is -2.09. The van der Waals surface area contributed by atoms with Gasteiger partial charge in [-0.15, -0.1) is 0 Å². The van der Waals surface area contributed by atoms with Crippen molar-refractivity contribution >= 4 is 17.9 Å². The highest BCUT2D eigenvalue weighted by molar-refractivity contribution is 6.43. The van der Waals surface area contributed by atoms with Gasteiger partial charge in [-0.25, -0.2) is 4.79 Å². The summed E-state index contributed by atoms with van der Waals surface area (Å²) in [5, 5.41) is 7.82. The summed E-state index contributed by atoms with van der Waals surface area (Å²) in [5.41, 5.74) is 3.25. The van der Waals surface area contributed by atoms with Crippen molar-refractivity contribution < 1.29 is 23.9 Å². The summed E-state index contributed by atoms with van der Waals surface area (Å²) in [6.45, 7) is 0.622. The third-order valence-corrected chi connectivity index (χ3v) is 4.44. The third-order valence-electron chi connectivity index (χ3n) is 4.44. The van der Waals surface area contributed by atoms with Crippen molar-refractivity contribution in [1.29, 1.82) is 0 Å². The van der Waals surface area contributed by atoms with Crippen molar-refractivity contribution in [2.24, 2.45) is 10.3 Å². The number of hydrogen-bond donors (Lipinski definition) is 0. The number of methoxy groups -OCH3 is 1. The SMILES string of the molecule is CO/N=C(/C(=O)OC)c1ccccc1CO/N=C/c1cccc(OCc2ccccc2)c1. The molecule has 0 aliphatic carbocycles. The molecule has 0 amide bonds. The molecule has 0 aliphatic heterocycles. The number of rotatable bonds is 10. The van der Waals surface area contributed by atoms with Crippen LogP contribution in [0.25, 0.3) is 0 Å². The minimum atomic E-state index is -0.602. The number of carbonyl (C=O) groups is 1. The molecule has 0 saturated heterocycles. The Morgan fingerprint density at radius 3 is 2.47 bits per heavy atom. The first-order valence-electron chi connectivity index (χ1n) is 9.91. The fourth-order valence-electron chi connectivity index (χ4n) is 2.89. The van der Waals surface area contributed by atoms with E-state index in [1.54, 1.807) is 18.3 Å². The van der Waals surface area contributed by atoms with E-state index in [0.717, 1.165) is 16.9 Å². The molecule has 0 atom stereocenters. The molecule has 3 aromatic rings. The Morgan fingerprint density at radius 2 is 1.69 bits per heavy atom. The van der Waals surface area contributed by atoms with Gasteiger partial charge in [-0.1, -0.05) is 77.0 Å². The maximum atomic E-state index is 12.0. The van der Waals surface area contributed by atoms with Crippen LogP contribution in [-0.4, -0.2) is 32.1 Å². The van der Waals surface area contributed by atoms with Gasteiger partial charge in [0.2, 0.25) is 0 Å². The van der Waals surface area contributed by atoms with Gasteiger partial charge in [0, 0.05) is 11.1 Å². The van der Waals surface area contributed by atoms with Crippen molar-refractivity contribution in [1.82, 2.24) is 0 Å². The maximum Gasteiger partial charge on any atom is 0.360 e. The molecular weight excluding hydrogens is 408 g/mol. The molecular formula is C25H24N2O5. The monoisotopic (exact) mass is 432 g/mol. The lowest BCUT2D eigenvalue weighted by atomic mass is 10.0. The molecule has 0 unspecified atom stereocenters. The van der Waals surface area contributed by atoms with Crippen LogP contribution in [0, 0.1) is 0 Å². The van der Waals surface area contributed by atoms with Crippen LogP contribution >= 0.6 is 0 Å². The molecule has 7 nitrogen and oxygen atoms in total. The summed E-state index contributed by atoms with van der Waals surface area (Å²) >= 11 is 0. The topological polar surface area (TPSA) is 78.7 Å². The van der Waals surface area contributed by atoms with E-state index in [-0.39, 0.29) is 12.3 Å². The van der Waals surface area contributed by atoms with E-state index in [0.29, 0.717) is 17.7 Å². The van der Waals surface area contributed by atoms with Crippen molar-refractivity contribution in [2.45, 2.75) is 13.2 Å². The summed E-state index contributed by atoms with van der Waals surface area (Å²) in [6.07, 6.45) is 1.60. The van der Waals surface area contributed by atoms with Gasteiger partial charge < -0.3 is 19.1 Å². The molecule has 164 valence electrons. The highest BCUT2D eigenvalue weighted by atomic mass is 16.6. The van der Waals surface area contributed by atoms with Crippen LogP contribution in [0.4, 0.5) is 0 Å². The Kier molecular flexibility index (Phi) is 8.39. The zero-order chi connectivity index (χ0) is 22.6. The summed E-state index contributed by atoms with van der Waals surface area (Å²) < 4.78 is 10.6. The minimum Gasteiger partial charge on any atom is -0.489 e. The first kappa shape index (κ1) is 22.6. The molecule has 0 fully saturated rings. The van der Waals surface area contributed by atoms with Gasteiger partial charge >= 0.3 is 5.97 Å². The number of carbonyl (C=O) groups excluding carboxylic acids is 1. The van der Waals surface area contributed by atoms with Gasteiger partial charge in [0.05, 0.1) is 13.3 Å². The fraction of sp³-hybridized carbons (Fsp3) is 0.160. The largest absolute Gasteiger partial charge is 0.489 e. The number of esters is 1. The van der Waals surface area contributed by atoms with E-state index in [1.165, 1.54) is 14.2 Å². The Morgan fingerprint density at radius 1 is 0.906 bits per heavy atom. The van der Waals surface area contributed by atoms with E-state index in [2.05, 4.69) is 10.3 Å². The lowest BCUT2D eigenvalue weighted by molar-refractivity contribution is -0.132. The molecule has 0 saturated carbocycles. The molecule has 32 heavy (non-hydrogen) atoms. The van der Waals surface area contributed by atoms with Crippen molar-refractivity contribution in [3.63, 3.8) is 0 Å². The molecule has 7 heteroatoms. The zero-order valence-electron chi connectivity index (χ0n) is 17.9. The van der Waals surface area contributed by atoms with E-state index in [1.807, 2.05) is 66.7 Å². The molecule has 3 rings (SSSR count). The van der Waals surface area contributed by atoms with Gasteiger partial charge in [-0.05, 0) is 23.3 Å². The highest BCUT2D eigenvalue weighted by Crippen LogP contribution is 2.15. The second-order valence-electron chi connectivity index (χ2n) is 6.63. The van der Waals surface area contributed by atoms with Gasteiger partial charge in [0.15, 0.2) is 5.71 Å². The van der Waals surface area contributed by atoms with E-state index >= 15 is 0 Å². The zero-order valence-corrected chi connectivity index (χ0v) is 17.9. The predicted molar refractivity (Wildman–Crippen MR) is 122 cm³/mol. The third kappa shape index (κ3) is 6.43. The summed E-state index contributed by atoms with van der Waals surface area (Å²) in [4.78, 5) is 22.3. The Labute approximate surface area is 186 Å². The van der Waals surface area contributed by atoms with E-state index in [4.69, 9.17) is 19.1 Å². The Balaban J connectivity index is 1.62. The van der Waals surface area contributed by atoms with Crippen LogP contribution < -0.4 is 4.74 Å². The molecule has 0 bridgehead atoms. The number of hydrogen-bond acceptors (Lipinski definition) is 7. The minimum absolute atomic E-state index is 0.0569. The van der Waals surface area contributed by atoms with Gasteiger partial charge in [-0.3, -0.25) is 0 Å². The normalized spacial score (nSPS) is 11.2. The number of benzene rings is 3. The van der Waals surface area contributed by atoms with E-state index < -0.39 is 5.97 Å². The smallest absolute Gasteiger partial charge is 0.360 e. The van der Waals surface area contributed by atoms with E-state index in [9.17, 15) is 4.79 Å². The Hall–Kier alpha value is -4.13. The average Bonchev–Trinajstić information content (AvgIpc) is 2.85. The summed E-state index contributed by atoms with van der Waals surface area (Å²) in [5.74, 6) is 0.136. The van der Waals surface area contributed by atoms with Crippen molar-refractivity contribution in [3.05, 3.63) is 101 Å². The molecule has 0 radical (unpaired) electrons. The van der Waals surface area contributed by atoms with Crippen LogP contribution in [0.15, 0.2) is 89.2 Å². The second kappa shape index (κ2) is 11.9. The van der Waals surface area contributed by atoms with Crippen molar-refractivity contribution in [2.75, 3.05) is 14.2 Å². The quantitative estimate of drug-likeness (QED) is 0.271. The highest BCUT2D eigenvalue weighted by Gasteiger charge is 2.19. The van der Waals surface area contributed by atoms with Gasteiger partial charge in [-0.2, -0.15) is 0 Å². The molecule has 3 aromatic carbocycles. The summed E-state index contributed by atoms with van der Waals surface area (Å²) in [7, 11) is 2.65. The molecule has 0 aromatic heterocycles. The summed E-state index contributed by atoms with van der Waals surface area (Å²) in [6, 6.07) is 24.7. The molecule has 0 spiro atoms. The van der Waals surface area contributed by atoms with Gasteiger partial charge in [0.1, 0.15) is 26.1 Å². The standard InChI is InChI=1S/C25H24N2O5/c1-29-25(28)24(27-30-2)23-14-7-6-12-21(23)18-32-26-16-20-11-8-13-22(15-20)31-17-19-9-4-3-5-10-19/h3-16H,17-18H2,1-2H3/b26-16+,27-24+. The van der Waals surface area contributed by atoms with Crippen LogP contribution in [0.3, 0.4) is 0 Å².